The van der Waals surface area contributed by atoms with Crippen molar-refractivity contribution in [1.29, 1.82) is 0 Å². The molecule has 0 aliphatic heterocycles. The molecule has 0 heterocycles. The monoisotopic (exact) mass is 301 g/mol. The lowest BCUT2D eigenvalue weighted by Crippen LogP contribution is -2.35. The van der Waals surface area contributed by atoms with Crippen molar-refractivity contribution in [2.45, 2.75) is 18.9 Å². The molecular weight excluding hydrogens is 289 g/mol. The van der Waals surface area contributed by atoms with Crippen molar-refractivity contribution >= 4 is 21.8 Å². The van der Waals surface area contributed by atoms with Crippen molar-refractivity contribution in [3.8, 4) is 0 Å². The van der Waals surface area contributed by atoms with Gasteiger partial charge in [0.2, 0.25) is 0 Å². The summed E-state index contributed by atoms with van der Waals surface area (Å²) in [6, 6.07) is 4.24. The zero-order valence-electron chi connectivity index (χ0n) is 9.20. The Morgan fingerprint density at radius 2 is 2.24 bits per heavy atom. The molecule has 1 amide bonds. The quantitative estimate of drug-likeness (QED) is 0.926. The molecule has 0 aromatic heterocycles. The van der Waals surface area contributed by atoms with Crippen molar-refractivity contribution in [1.82, 2.24) is 4.90 Å². The van der Waals surface area contributed by atoms with Gasteiger partial charge in [-0.15, -0.1) is 0 Å². The van der Waals surface area contributed by atoms with Crippen LogP contribution in [-0.2, 0) is 0 Å². The third kappa shape index (κ3) is 2.84. The van der Waals surface area contributed by atoms with Crippen LogP contribution in [0.5, 0.6) is 0 Å². The maximum atomic E-state index is 12.9. The molecule has 1 aliphatic rings. The average molecular weight is 302 g/mol. The summed E-state index contributed by atoms with van der Waals surface area (Å²) in [6.45, 7) is 0.272. The van der Waals surface area contributed by atoms with Crippen LogP contribution in [-0.4, -0.2) is 35.1 Å². The lowest BCUT2D eigenvalue weighted by Gasteiger charge is -2.21. The third-order valence-electron chi connectivity index (χ3n) is 2.75. The van der Waals surface area contributed by atoms with Gasteiger partial charge in [-0.25, -0.2) is 4.39 Å². The Morgan fingerprint density at radius 1 is 1.53 bits per heavy atom. The van der Waals surface area contributed by atoms with Gasteiger partial charge in [0.1, 0.15) is 5.82 Å². The number of rotatable bonds is 4. The van der Waals surface area contributed by atoms with Gasteiger partial charge < -0.3 is 10.0 Å². The zero-order chi connectivity index (χ0) is 12.4. The molecule has 0 atom stereocenters. The number of hydrogen-bond acceptors (Lipinski definition) is 2. The first-order valence-electron chi connectivity index (χ1n) is 5.50. The van der Waals surface area contributed by atoms with Gasteiger partial charge in [0.25, 0.3) is 5.91 Å². The molecule has 3 nitrogen and oxygen atoms in total. The molecular formula is C12H13BrFNO2. The molecule has 1 fully saturated rings. The van der Waals surface area contributed by atoms with E-state index in [1.54, 1.807) is 4.90 Å². The summed E-state index contributed by atoms with van der Waals surface area (Å²) in [7, 11) is 0. The second-order valence-electron chi connectivity index (χ2n) is 4.08. The lowest BCUT2D eigenvalue weighted by atomic mass is 10.2. The molecule has 1 N–H and O–H groups in total. The first-order valence-corrected chi connectivity index (χ1v) is 6.29. The summed E-state index contributed by atoms with van der Waals surface area (Å²) in [5, 5.41) is 8.96. The first kappa shape index (κ1) is 12.5. The Kier molecular flexibility index (Phi) is 3.79. The maximum Gasteiger partial charge on any atom is 0.255 e. The Hall–Kier alpha value is -0.940. The minimum Gasteiger partial charge on any atom is -0.395 e. The molecule has 0 radical (unpaired) electrons. The van der Waals surface area contributed by atoms with Gasteiger partial charge in [0.15, 0.2) is 0 Å². The van der Waals surface area contributed by atoms with Crippen LogP contribution in [0.4, 0.5) is 4.39 Å². The van der Waals surface area contributed by atoms with Gasteiger partial charge in [-0.05, 0) is 47.0 Å². The van der Waals surface area contributed by atoms with Gasteiger partial charge in [0, 0.05) is 17.1 Å². The van der Waals surface area contributed by atoms with E-state index in [0.29, 0.717) is 16.6 Å². The van der Waals surface area contributed by atoms with Crippen LogP contribution in [0.3, 0.4) is 0 Å². The van der Waals surface area contributed by atoms with Crippen LogP contribution in [0, 0.1) is 5.82 Å². The normalized spacial score (nSPS) is 14.8. The molecule has 1 aromatic rings. The molecule has 2 rings (SSSR count). The van der Waals surface area contributed by atoms with Crippen LogP contribution >= 0.6 is 15.9 Å². The second kappa shape index (κ2) is 5.14. The SMILES string of the molecule is O=C(c1ccc(F)cc1Br)N(CCO)C1CC1. The van der Waals surface area contributed by atoms with E-state index in [-0.39, 0.29) is 24.4 Å². The molecule has 0 bridgehead atoms. The topological polar surface area (TPSA) is 40.5 Å². The van der Waals surface area contributed by atoms with Crippen molar-refractivity contribution < 1.29 is 14.3 Å². The van der Waals surface area contributed by atoms with Gasteiger partial charge in [-0.2, -0.15) is 0 Å². The minimum absolute atomic E-state index is 0.0545. The fourth-order valence-corrected chi connectivity index (χ4v) is 2.28. The number of carbonyl (C=O) groups is 1. The highest BCUT2D eigenvalue weighted by atomic mass is 79.9. The highest BCUT2D eigenvalue weighted by Gasteiger charge is 2.33. The predicted molar refractivity (Wildman–Crippen MR) is 65.2 cm³/mol. The molecule has 0 unspecified atom stereocenters. The van der Waals surface area contributed by atoms with E-state index in [0.717, 1.165) is 12.8 Å². The van der Waals surface area contributed by atoms with Gasteiger partial charge >= 0.3 is 0 Å². The Balaban J connectivity index is 2.22. The Morgan fingerprint density at radius 3 is 2.76 bits per heavy atom. The van der Waals surface area contributed by atoms with Gasteiger partial charge in [0.05, 0.1) is 12.2 Å². The summed E-state index contributed by atoms with van der Waals surface area (Å²) < 4.78 is 13.4. The largest absolute Gasteiger partial charge is 0.395 e. The number of nitrogens with zero attached hydrogens (tertiary/aromatic N) is 1. The van der Waals surface area contributed by atoms with E-state index in [2.05, 4.69) is 15.9 Å². The molecule has 1 aliphatic carbocycles. The number of aliphatic hydroxyl groups excluding tert-OH is 1. The second-order valence-corrected chi connectivity index (χ2v) is 4.93. The van der Waals surface area contributed by atoms with Crippen molar-refractivity contribution in [2.24, 2.45) is 0 Å². The molecule has 0 spiro atoms. The van der Waals surface area contributed by atoms with Crippen molar-refractivity contribution in [3.63, 3.8) is 0 Å². The number of halogens is 2. The maximum absolute atomic E-state index is 12.9. The Bertz CT molecular complexity index is 435. The zero-order valence-corrected chi connectivity index (χ0v) is 10.8. The summed E-state index contributed by atoms with van der Waals surface area (Å²) >= 11 is 3.19. The van der Waals surface area contributed by atoms with E-state index in [1.807, 2.05) is 0 Å². The number of carbonyl (C=O) groups excluding carboxylic acids is 1. The molecule has 0 saturated heterocycles. The molecule has 5 heteroatoms. The fourth-order valence-electron chi connectivity index (χ4n) is 1.76. The van der Waals surface area contributed by atoms with Gasteiger partial charge in [-0.3, -0.25) is 4.79 Å². The number of aliphatic hydroxyl groups is 1. The van der Waals surface area contributed by atoms with E-state index < -0.39 is 0 Å². The summed E-state index contributed by atoms with van der Waals surface area (Å²) in [4.78, 5) is 13.9. The van der Waals surface area contributed by atoms with E-state index in [9.17, 15) is 9.18 Å². The average Bonchev–Trinajstić information content (AvgIpc) is 3.09. The van der Waals surface area contributed by atoms with Gasteiger partial charge in [-0.1, -0.05) is 0 Å². The van der Waals surface area contributed by atoms with E-state index in [4.69, 9.17) is 5.11 Å². The summed E-state index contributed by atoms with van der Waals surface area (Å²) in [5.74, 6) is -0.540. The van der Waals surface area contributed by atoms with Crippen molar-refractivity contribution in [2.75, 3.05) is 13.2 Å². The van der Waals surface area contributed by atoms with Crippen molar-refractivity contribution in [3.05, 3.63) is 34.1 Å². The van der Waals surface area contributed by atoms with Crippen LogP contribution in [0.15, 0.2) is 22.7 Å². The predicted octanol–water partition coefficient (Wildman–Crippen LogP) is 2.19. The molecule has 92 valence electrons. The first-order chi connectivity index (χ1) is 8.13. The van der Waals surface area contributed by atoms with Crippen LogP contribution < -0.4 is 0 Å². The lowest BCUT2D eigenvalue weighted by molar-refractivity contribution is 0.0706. The number of amides is 1. The minimum atomic E-state index is -0.381. The third-order valence-corrected chi connectivity index (χ3v) is 3.41. The van der Waals surface area contributed by atoms with E-state index >= 15 is 0 Å². The summed E-state index contributed by atoms with van der Waals surface area (Å²) in [6.07, 6.45) is 1.95. The highest BCUT2D eigenvalue weighted by Crippen LogP contribution is 2.29. The van der Waals surface area contributed by atoms with Crippen LogP contribution in [0.25, 0.3) is 0 Å². The molecule has 1 aromatic carbocycles. The highest BCUT2D eigenvalue weighted by molar-refractivity contribution is 9.10. The number of benzene rings is 1. The molecule has 17 heavy (non-hydrogen) atoms. The standard InChI is InChI=1S/C12H13BrFNO2/c13-11-7-8(14)1-4-10(11)12(17)15(5-6-16)9-2-3-9/h1,4,7,9,16H,2-3,5-6H2. The van der Waals surface area contributed by atoms with E-state index in [1.165, 1.54) is 18.2 Å². The van der Waals surface area contributed by atoms with Crippen LogP contribution in [0.1, 0.15) is 23.2 Å². The number of hydrogen-bond donors (Lipinski definition) is 1. The summed E-state index contributed by atoms with van der Waals surface area (Å²) in [5.41, 5.74) is 0.437. The molecule has 1 saturated carbocycles. The van der Waals surface area contributed by atoms with Crippen LogP contribution in [0.2, 0.25) is 0 Å². The fraction of sp³-hybridized carbons (Fsp3) is 0.417. The Labute approximate surface area is 107 Å². The smallest absolute Gasteiger partial charge is 0.255 e.